The monoisotopic (exact) mass is 417 g/mol. The minimum atomic E-state index is -0.266. The molecule has 0 bridgehead atoms. The van der Waals surface area contributed by atoms with Gasteiger partial charge in [-0.3, -0.25) is 9.78 Å². The first-order valence-electron chi connectivity index (χ1n) is 9.76. The number of hydrogen-bond donors (Lipinski definition) is 2. The average molecular weight is 417 g/mol. The van der Waals surface area contributed by atoms with Crippen LogP contribution in [-0.2, 0) is 13.6 Å². The van der Waals surface area contributed by atoms with Crippen LogP contribution in [0.1, 0.15) is 16.1 Å². The van der Waals surface area contributed by atoms with Crippen LogP contribution in [0, 0.1) is 0 Å². The van der Waals surface area contributed by atoms with E-state index in [1.807, 2.05) is 54.1 Å². The van der Waals surface area contributed by atoms with Crippen molar-refractivity contribution in [2.75, 3.05) is 19.5 Å². The number of carbonyl (C=O) groups excluding carboxylic acids is 1. The number of methoxy groups -OCH3 is 1. The molecule has 2 heterocycles. The molecule has 0 saturated carbocycles. The summed E-state index contributed by atoms with van der Waals surface area (Å²) in [7, 11) is 5.18. The summed E-state index contributed by atoms with van der Waals surface area (Å²) in [5.41, 5.74) is 3.20. The molecule has 0 aliphatic heterocycles. The number of nitrogens with one attached hydrogen (secondary N) is 2. The van der Waals surface area contributed by atoms with Gasteiger partial charge in [0.2, 0.25) is 5.95 Å². The Bertz CT molecular complexity index is 1220. The van der Waals surface area contributed by atoms with Gasteiger partial charge >= 0.3 is 0 Å². The standard InChI is InChI=1S/C23H23N5O3/c1-24-22(29)20-13-18(10-11-25-20)31-17-8-9-21-19(12-17)27-23(28(21)2)26-14-15-4-6-16(30-3)7-5-15/h4-13H,14H2,1-3H3,(H,24,29)(H,26,27). The predicted molar refractivity (Wildman–Crippen MR) is 119 cm³/mol. The van der Waals surface area contributed by atoms with E-state index in [1.54, 1.807) is 32.5 Å². The molecule has 0 saturated heterocycles. The topological polar surface area (TPSA) is 90.3 Å². The second-order valence-electron chi connectivity index (χ2n) is 6.90. The van der Waals surface area contributed by atoms with E-state index in [2.05, 4.69) is 15.6 Å². The number of fused-ring (bicyclic) bond motifs is 1. The second kappa shape index (κ2) is 8.74. The van der Waals surface area contributed by atoms with Gasteiger partial charge in [0.05, 0.1) is 18.1 Å². The number of carbonyl (C=O) groups is 1. The molecule has 8 heteroatoms. The summed E-state index contributed by atoms with van der Waals surface area (Å²) in [5.74, 6) is 2.48. The van der Waals surface area contributed by atoms with E-state index < -0.39 is 0 Å². The highest BCUT2D eigenvalue weighted by molar-refractivity contribution is 5.92. The fourth-order valence-electron chi connectivity index (χ4n) is 3.19. The van der Waals surface area contributed by atoms with Crippen molar-refractivity contribution in [3.05, 3.63) is 72.1 Å². The molecule has 1 amide bonds. The van der Waals surface area contributed by atoms with Crippen molar-refractivity contribution in [2.24, 2.45) is 7.05 Å². The van der Waals surface area contributed by atoms with E-state index in [0.29, 0.717) is 23.7 Å². The Balaban J connectivity index is 1.51. The Labute approximate surface area is 179 Å². The lowest BCUT2D eigenvalue weighted by Gasteiger charge is -2.07. The molecule has 0 unspecified atom stereocenters. The van der Waals surface area contributed by atoms with Crippen molar-refractivity contribution < 1.29 is 14.3 Å². The molecule has 2 N–H and O–H groups in total. The molecule has 0 atom stereocenters. The number of imidazole rings is 1. The van der Waals surface area contributed by atoms with Crippen LogP contribution < -0.4 is 20.1 Å². The number of anilines is 1. The first kappa shape index (κ1) is 20.2. The summed E-state index contributed by atoms with van der Waals surface area (Å²) in [6.07, 6.45) is 1.54. The summed E-state index contributed by atoms with van der Waals surface area (Å²) in [4.78, 5) is 20.5. The molecule has 0 spiro atoms. The highest BCUT2D eigenvalue weighted by Gasteiger charge is 2.11. The zero-order valence-corrected chi connectivity index (χ0v) is 17.5. The average Bonchev–Trinajstić information content (AvgIpc) is 3.12. The lowest BCUT2D eigenvalue weighted by atomic mass is 10.2. The van der Waals surface area contributed by atoms with Crippen LogP contribution in [0.25, 0.3) is 11.0 Å². The van der Waals surface area contributed by atoms with Crippen molar-refractivity contribution >= 4 is 22.9 Å². The number of rotatable bonds is 7. The molecule has 0 aliphatic rings. The first-order chi connectivity index (χ1) is 15.1. The molecule has 0 radical (unpaired) electrons. The second-order valence-corrected chi connectivity index (χ2v) is 6.90. The summed E-state index contributed by atoms with van der Waals surface area (Å²) in [6, 6.07) is 16.9. The van der Waals surface area contributed by atoms with Gasteiger partial charge in [0.15, 0.2) is 0 Å². The molecule has 0 aliphatic carbocycles. The zero-order valence-electron chi connectivity index (χ0n) is 17.5. The van der Waals surface area contributed by atoms with Crippen LogP contribution in [0.15, 0.2) is 60.8 Å². The Morgan fingerprint density at radius 1 is 1.03 bits per heavy atom. The number of aryl methyl sites for hydroxylation is 1. The van der Waals surface area contributed by atoms with Gasteiger partial charge in [-0.1, -0.05) is 12.1 Å². The number of nitrogens with zero attached hydrogens (tertiary/aromatic N) is 3. The quantitative estimate of drug-likeness (QED) is 0.476. The van der Waals surface area contributed by atoms with E-state index in [1.165, 1.54) is 0 Å². The van der Waals surface area contributed by atoms with Gasteiger partial charge in [0, 0.05) is 39.0 Å². The van der Waals surface area contributed by atoms with Crippen molar-refractivity contribution in [2.45, 2.75) is 6.54 Å². The number of pyridine rings is 1. The summed E-state index contributed by atoms with van der Waals surface area (Å²) >= 11 is 0. The van der Waals surface area contributed by atoms with Crippen LogP contribution in [0.2, 0.25) is 0 Å². The third-order valence-corrected chi connectivity index (χ3v) is 4.89. The maximum Gasteiger partial charge on any atom is 0.269 e. The molecular formula is C23H23N5O3. The van der Waals surface area contributed by atoms with Crippen molar-refractivity contribution in [3.63, 3.8) is 0 Å². The van der Waals surface area contributed by atoms with Crippen LogP contribution in [0.4, 0.5) is 5.95 Å². The maximum absolute atomic E-state index is 11.8. The Morgan fingerprint density at radius 3 is 2.52 bits per heavy atom. The SMILES string of the molecule is CNC(=O)c1cc(Oc2ccc3c(c2)nc(NCc2ccc(OC)cc2)n3C)ccn1. The van der Waals surface area contributed by atoms with Crippen LogP contribution in [-0.4, -0.2) is 34.6 Å². The normalized spacial score (nSPS) is 10.7. The van der Waals surface area contributed by atoms with E-state index in [-0.39, 0.29) is 5.91 Å². The fraction of sp³-hybridized carbons (Fsp3) is 0.174. The minimum Gasteiger partial charge on any atom is -0.497 e. The van der Waals surface area contributed by atoms with Crippen molar-refractivity contribution in [1.82, 2.24) is 19.9 Å². The smallest absolute Gasteiger partial charge is 0.269 e. The molecule has 2 aromatic carbocycles. The first-order valence-corrected chi connectivity index (χ1v) is 9.76. The number of hydrogen-bond acceptors (Lipinski definition) is 6. The van der Waals surface area contributed by atoms with Gasteiger partial charge in [0.25, 0.3) is 5.91 Å². The summed E-state index contributed by atoms with van der Waals surface area (Å²) in [6.45, 7) is 0.643. The van der Waals surface area contributed by atoms with Crippen molar-refractivity contribution in [1.29, 1.82) is 0 Å². The Morgan fingerprint density at radius 2 is 1.77 bits per heavy atom. The number of amides is 1. The van der Waals surface area contributed by atoms with Crippen LogP contribution in [0.5, 0.6) is 17.2 Å². The lowest BCUT2D eigenvalue weighted by molar-refractivity contribution is 0.0958. The highest BCUT2D eigenvalue weighted by atomic mass is 16.5. The minimum absolute atomic E-state index is 0.266. The molecule has 4 aromatic rings. The van der Waals surface area contributed by atoms with E-state index in [4.69, 9.17) is 14.5 Å². The van der Waals surface area contributed by atoms with E-state index in [0.717, 1.165) is 28.3 Å². The number of benzene rings is 2. The van der Waals surface area contributed by atoms with Crippen molar-refractivity contribution in [3.8, 4) is 17.2 Å². The maximum atomic E-state index is 11.8. The van der Waals surface area contributed by atoms with E-state index in [9.17, 15) is 4.79 Å². The Kier molecular flexibility index (Phi) is 5.70. The van der Waals surface area contributed by atoms with Crippen LogP contribution in [0.3, 0.4) is 0 Å². The summed E-state index contributed by atoms with van der Waals surface area (Å²) < 4.78 is 13.1. The number of aromatic nitrogens is 3. The molecule has 2 aromatic heterocycles. The third kappa shape index (κ3) is 4.42. The third-order valence-electron chi connectivity index (χ3n) is 4.89. The van der Waals surface area contributed by atoms with Gasteiger partial charge in [-0.15, -0.1) is 0 Å². The molecule has 31 heavy (non-hydrogen) atoms. The predicted octanol–water partition coefficient (Wildman–Crippen LogP) is 3.74. The molecule has 8 nitrogen and oxygen atoms in total. The van der Waals surface area contributed by atoms with Gasteiger partial charge < -0.3 is 24.7 Å². The van der Waals surface area contributed by atoms with Crippen LogP contribution >= 0.6 is 0 Å². The Hall–Kier alpha value is -4.07. The fourth-order valence-corrected chi connectivity index (χ4v) is 3.19. The molecule has 4 rings (SSSR count). The van der Waals surface area contributed by atoms with Gasteiger partial charge in [0.1, 0.15) is 22.9 Å². The largest absolute Gasteiger partial charge is 0.497 e. The summed E-state index contributed by atoms with van der Waals surface area (Å²) in [5, 5.41) is 5.92. The lowest BCUT2D eigenvalue weighted by Crippen LogP contribution is -2.18. The zero-order chi connectivity index (χ0) is 21.8. The van der Waals surface area contributed by atoms with Gasteiger partial charge in [-0.05, 0) is 35.9 Å². The molecular weight excluding hydrogens is 394 g/mol. The number of ether oxygens (including phenoxy) is 2. The van der Waals surface area contributed by atoms with E-state index >= 15 is 0 Å². The van der Waals surface area contributed by atoms with Gasteiger partial charge in [-0.25, -0.2) is 4.98 Å². The molecule has 158 valence electrons. The molecule has 0 fully saturated rings. The highest BCUT2D eigenvalue weighted by Crippen LogP contribution is 2.27. The van der Waals surface area contributed by atoms with Gasteiger partial charge in [-0.2, -0.15) is 0 Å².